The molecule has 0 aromatic heterocycles. The highest BCUT2D eigenvalue weighted by atomic mass is 16.7. The quantitative estimate of drug-likeness (QED) is 0.835. The lowest BCUT2D eigenvalue weighted by Crippen LogP contribution is -2.35. The highest BCUT2D eigenvalue weighted by molar-refractivity contribution is 5.93. The molecule has 0 bridgehead atoms. The van der Waals surface area contributed by atoms with Gasteiger partial charge >= 0.3 is 5.97 Å². The van der Waals surface area contributed by atoms with Crippen LogP contribution in [0.1, 0.15) is 34.0 Å². The van der Waals surface area contributed by atoms with Crippen LogP contribution in [0.2, 0.25) is 0 Å². The molecule has 6 heteroatoms. The molecule has 1 amide bonds. The van der Waals surface area contributed by atoms with Crippen LogP contribution in [0.3, 0.4) is 0 Å². The zero-order chi connectivity index (χ0) is 18.7. The first-order chi connectivity index (χ1) is 12.4. The van der Waals surface area contributed by atoms with Crippen molar-refractivity contribution in [1.29, 1.82) is 0 Å². The normalized spacial score (nSPS) is 13.2. The third-order valence-electron chi connectivity index (χ3n) is 4.17. The van der Waals surface area contributed by atoms with Crippen molar-refractivity contribution in [3.05, 3.63) is 58.7 Å². The number of ether oxygens (including phenoxy) is 3. The Bertz CT molecular complexity index is 846. The van der Waals surface area contributed by atoms with Gasteiger partial charge in [-0.3, -0.25) is 4.79 Å². The summed E-state index contributed by atoms with van der Waals surface area (Å²) in [4.78, 5) is 24.5. The van der Waals surface area contributed by atoms with Crippen molar-refractivity contribution in [3.63, 3.8) is 0 Å². The Kier molecular flexibility index (Phi) is 5.11. The molecule has 0 saturated carbocycles. The number of carbonyl (C=O) groups is 2. The average molecular weight is 355 g/mol. The van der Waals surface area contributed by atoms with E-state index in [2.05, 4.69) is 5.32 Å². The van der Waals surface area contributed by atoms with Crippen molar-refractivity contribution < 1.29 is 23.8 Å². The summed E-state index contributed by atoms with van der Waals surface area (Å²) >= 11 is 0. The number of carbonyl (C=O) groups excluding carboxylic acids is 2. The maximum Gasteiger partial charge on any atom is 0.339 e. The standard InChI is InChI=1S/C20H21NO5/c1-12-4-5-13(2)16(8-12)20(23)26-14(3)19(22)21-10-15-6-7-17-18(9-15)25-11-24-17/h4-9,14H,10-11H2,1-3H3,(H,21,22). The third-order valence-corrected chi connectivity index (χ3v) is 4.17. The highest BCUT2D eigenvalue weighted by Crippen LogP contribution is 2.32. The third kappa shape index (κ3) is 3.96. The van der Waals surface area contributed by atoms with E-state index < -0.39 is 12.1 Å². The van der Waals surface area contributed by atoms with Gasteiger partial charge in [0, 0.05) is 6.54 Å². The van der Waals surface area contributed by atoms with Gasteiger partial charge in [-0.2, -0.15) is 0 Å². The van der Waals surface area contributed by atoms with Crippen molar-refractivity contribution in [1.82, 2.24) is 5.32 Å². The van der Waals surface area contributed by atoms with E-state index in [1.807, 2.05) is 38.1 Å². The molecule has 1 aliphatic rings. The van der Waals surface area contributed by atoms with Gasteiger partial charge in [0.15, 0.2) is 17.6 Å². The Labute approximate surface area is 152 Å². The Balaban J connectivity index is 1.56. The number of hydrogen-bond acceptors (Lipinski definition) is 5. The van der Waals surface area contributed by atoms with Crippen LogP contribution in [0.4, 0.5) is 0 Å². The fourth-order valence-electron chi connectivity index (χ4n) is 2.62. The summed E-state index contributed by atoms with van der Waals surface area (Å²) in [6.07, 6.45) is -0.892. The van der Waals surface area contributed by atoms with E-state index in [0.29, 0.717) is 23.6 Å². The van der Waals surface area contributed by atoms with Crippen LogP contribution in [-0.2, 0) is 16.1 Å². The molecule has 136 valence electrons. The zero-order valence-electron chi connectivity index (χ0n) is 15.0. The maximum atomic E-state index is 12.3. The van der Waals surface area contributed by atoms with Crippen LogP contribution < -0.4 is 14.8 Å². The van der Waals surface area contributed by atoms with Crippen molar-refractivity contribution in [2.24, 2.45) is 0 Å². The van der Waals surface area contributed by atoms with E-state index in [0.717, 1.165) is 16.7 Å². The topological polar surface area (TPSA) is 73.9 Å². The molecule has 2 aromatic rings. The molecule has 2 aromatic carbocycles. The molecule has 0 fully saturated rings. The van der Waals surface area contributed by atoms with Crippen molar-refractivity contribution >= 4 is 11.9 Å². The second-order valence-corrected chi connectivity index (χ2v) is 6.27. The van der Waals surface area contributed by atoms with E-state index in [9.17, 15) is 9.59 Å². The average Bonchev–Trinajstić information content (AvgIpc) is 3.09. The summed E-state index contributed by atoms with van der Waals surface area (Å²) in [7, 11) is 0. The van der Waals surface area contributed by atoms with Crippen molar-refractivity contribution in [3.8, 4) is 11.5 Å². The van der Waals surface area contributed by atoms with Crippen LogP contribution in [-0.4, -0.2) is 24.8 Å². The van der Waals surface area contributed by atoms with Crippen LogP contribution in [0.15, 0.2) is 36.4 Å². The summed E-state index contributed by atoms with van der Waals surface area (Å²) in [5.41, 5.74) is 3.12. The van der Waals surface area contributed by atoms with Crippen LogP contribution in [0.5, 0.6) is 11.5 Å². The molecule has 26 heavy (non-hydrogen) atoms. The molecule has 3 rings (SSSR count). The van der Waals surface area contributed by atoms with Gasteiger partial charge < -0.3 is 19.5 Å². The number of hydrogen-bond donors (Lipinski definition) is 1. The number of amides is 1. The number of rotatable bonds is 5. The molecule has 1 atom stereocenters. The lowest BCUT2D eigenvalue weighted by Gasteiger charge is -2.15. The first kappa shape index (κ1) is 17.8. The van der Waals surface area contributed by atoms with E-state index in [-0.39, 0.29) is 12.7 Å². The molecule has 0 radical (unpaired) electrons. The van der Waals surface area contributed by atoms with Crippen molar-refractivity contribution in [2.45, 2.75) is 33.4 Å². The summed E-state index contributed by atoms with van der Waals surface area (Å²) in [5, 5.41) is 2.76. The summed E-state index contributed by atoms with van der Waals surface area (Å²) < 4.78 is 15.9. The van der Waals surface area contributed by atoms with E-state index >= 15 is 0 Å². The number of esters is 1. The van der Waals surface area contributed by atoms with Gasteiger partial charge in [-0.1, -0.05) is 23.8 Å². The second kappa shape index (κ2) is 7.47. The predicted octanol–water partition coefficient (Wildman–Crippen LogP) is 2.89. The molecule has 0 spiro atoms. The maximum absolute atomic E-state index is 12.3. The lowest BCUT2D eigenvalue weighted by atomic mass is 10.1. The van der Waals surface area contributed by atoms with Gasteiger partial charge in [-0.05, 0) is 50.1 Å². The van der Waals surface area contributed by atoms with E-state index in [1.165, 1.54) is 0 Å². The summed E-state index contributed by atoms with van der Waals surface area (Å²) in [6.45, 7) is 5.80. The molecular weight excluding hydrogens is 334 g/mol. The number of aryl methyl sites for hydroxylation is 2. The monoisotopic (exact) mass is 355 g/mol. The minimum absolute atomic E-state index is 0.205. The number of benzene rings is 2. The first-order valence-corrected chi connectivity index (χ1v) is 8.38. The van der Waals surface area contributed by atoms with Gasteiger partial charge in [-0.15, -0.1) is 0 Å². The van der Waals surface area contributed by atoms with Gasteiger partial charge in [0.05, 0.1) is 5.56 Å². The first-order valence-electron chi connectivity index (χ1n) is 8.38. The molecule has 1 N–H and O–H groups in total. The minimum atomic E-state index is -0.892. The van der Waals surface area contributed by atoms with Crippen molar-refractivity contribution in [2.75, 3.05) is 6.79 Å². The van der Waals surface area contributed by atoms with Gasteiger partial charge in [-0.25, -0.2) is 4.79 Å². The van der Waals surface area contributed by atoms with E-state index in [1.54, 1.807) is 19.1 Å². The molecular formula is C20H21NO5. The van der Waals surface area contributed by atoms with Gasteiger partial charge in [0.1, 0.15) is 0 Å². The number of nitrogens with one attached hydrogen (secondary N) is 1. The SMILES string of the molecule is Cc1ccc(C)c(C(=O)OC(C)C(=O)NCc2ccc3c(c2)OCO3)c1. The minimum Gasteiger partial charge on any atom is -0.454 e. The molecule has 6 nitrogen and oxygen atoms in total. The molecule has 1 aliphatic heterocycles. The van der Waals surface area contributed by atoms with Crippen LogP contribution in [0.25, 0.3) is 0 Å². The predicted molar refractivity (Wildman–Crippen MR) is 95.2 cm³/mol. The fourth-order valence-corrected chi connectivity index (χ4v) is 2.62. The second-order valence-electron chi connectivity index (χ2n) is 6.27. The summed E-state index contributed by atoms with van der Waals surface area (Å²) in [6, 6.07) is 11.0. The summed E-state index contributed by atoms with van der Waals surface area (Å²) in [5.74, 6) is 0.486. The van der Waals surface area contributed by atoms with E-state index in [4.69, 9.17) is 14.2 Å². The van der Waals surface area contributed by atoms with Crippen LogP contribution >= 0.6 is 0 Å². The number of fused-ring (bicyclic) bond motifs is 1. The van der Waals surface area contributed by atoms with Crippen LogP contribution in [0, 0.1) is 13.8 Å². The van der Waals surface area contributed by atoms with Gasteiger partial charge in [0.25, 0.3) is 5.91 Å². The Morgan fingerprint density at radius 1 is 1.12 bits per heavy atom. The molecule has 0 saturated heterocycles. The zero-order valence-corrected chi connectivity index (χ0v) is 15.0. The lowest BCUT2D eigenvalue weighted by molar-refractivity contribution is -0.129. The fraction of sp³-hybridized carbons (Fsp3) is 0.300. The highest BCUT2D eigenvalue weighted by Gasteiger charge is 2.20. The molecule has 1 unspecified atom stereocenters. The Hall–Kier alpha value is -3.02. The largest absolute Gasteiger partial charge is 0.454 e. The molecule has 0 aliphatic carbocycles. The Morgan fingerprint density at radius 3 is 2.69 bits per heavy atom. The Morgan fingerprint density at radius 2 is 1.88 bits per heavy atom. The molecule has 1 heterocycles. The van der Waals surface area contributed by atoms with Gasteiger partial charge in [0.2, 0.25) is 6.79 Å². The smallest absolute Gasteiger partial charge is 0.339 e.